The summed E-state index contributed by atoms with van der Waals surface area (Å²) in [6.45, 7) is 8.51. The summed E-state index contributed by atoms with van der Waals surface area (Å²) >= 11 is 0. The number of carbonyl (C=O) groups excluding carboxylic acids is 2. The maximum atomic E-state index is 14.1. The van der Waals surface area contributed by atoms with E-state index in [9.17, 15) is 9.59 Å². The first-order chi connectivity index (χ1) is 15.3. The van der Waals surface area contributed by atoms with Crippen molar-refractivity contribution in [1.29, 1.82) is 0 Å². The van der Waals surface area contributed by atoms with E-state index in [-0.39, 0.29) is 18.2 Å². The fourth-order valence-corrected chi connectivity index (χ4v) is 4.59. The van der Waals surface area contributed by atoms with Gasteiger partial charge in [-0.3, -0.25) is 9.59 Å². The lowest BCUT2D eigenvalue weighted by atomic mass is 9.72. The predicted molar refractivity (Wildman–Crippen MR) is 127 cm³/mol. The number of ether oxygens (including phenoxy) is 1. The van der Waals surface area contributed by atoms with Crippen molar-refractivity contribution in [1.82, 2.24) is 0 Å². The van der Waals surface area contributed by atoms with Gasteiger partial charge in [0.25, 0.3) is 0 Å². The van der Waals surface area contributed by atoms with Crippen LogP contribution in [0.5, 0.6) is 0 Å². The van der Waals surface area contributed by atoms with Crippen LogP contribution in [0.2, 0.25) is 0 Å². The quantitative estimate of drug-likeness (QED) is 0.324. The Balaban J connectivity index is 1.87. The Hall–Kier alpha value is -3.20. The molecule has 0 spiro atoms. The summed E-state index contributed by atoms with van der Waals surface area (Å²) in [4.78, 5) is 26.8. The number of carbonyl (C=O) groups is 2. The van der Waals surface area contributed by atoms with Gasteiger partial charge < -0.3 is 4.74 Å². The Bertz CT molecular complexity index is 1100. The molecule has 0 aliphatic carbocycles. The van der Waals surface area contributed by atoms with E-state index in [0.717, 1.165) is 11.1 Å². The predicted octanol–water partition coefficient (Wildman–Crippen LogP) is 6.74. The minimum absolute atomic E-state index is 0.172. The minimum atomic E-state index is -1.38. The first-order valence-electron chi connectivity index (χ1n) is 11.3. The number of esters is 1. The Kier molecular flexibility index (Phi) is 6.01. The molecule has 0 aromatic heterocycles. The van der Waals surface area contributed by atoms with Crippen molar-refractivity contribution in [3.8, 4) is 0 Å². The molecular weight excluding hydrogens is 396 g/mol. The molecule has 3 heteroatoms. The summed E-state index contributed by atoms with van der Waals surface area (Å²) in [5.41, 5.74) is 3.17. The summed E-state index contributed by atoms with van der Waals surface area (Å²) in [6.07, 6.45) is 0.172. The van der Waals surface area contributed by atoms with Crippen LogP contribution in [0.25, 0.3) is 0 Å². The van der Waals surface area contributed by atoms with Crippen LogP contribution in [0.3, 0.4) is 0 Å². The SMILES string of the molecule is CC(C)c1ccc(C(=O)[C@]2(c3ccc(C(C)C)cc3)OC(=O)C[C@H]2c2ccccc2)cc1. The van der Waals surface area contributed by atoms with Crippen LogP contribution in [0.4, 0.5) is 0 Å². The average molecular weight is 427 g/mol. The van der Waals surface area contributed by atoms with E-state index in [1.165, 1.54) is 11.1 Å². The maximum Gasteiger partial charge on any atom is 0.307 e. The normalized spacial score (nSPS) is 20.6. The number of Topliss-reactive ketones (excluding diaryl/α,β-unsaturated/α-hetero) is 1. The molecule has 0 amide bonds. The largest absolute Gasteiger partial charge is 0.445 e. The van der Waals surface area contributed by atoms with Crippen LogP contribution in [0, 0.1) is 0 Å². The minimum Gasteiger partial charge on any atom is -0.445 e. The standard InChI is InChI=1S/C29H30O3/c1-19(2)21-10-12-24(13-11-21)28(31)29(25-16-14-22(15-17-25)20(3)4)26(18-27(30)32-29)23-8-6-5-7-9-23/h5-17,19-20,26H,18H2,1-4H3/t26-,29+/m0/s1. The van der Waals surface area contributed by atoms with Gasteiger partial charge in [0.2, 0.25) is 11.4 Å². The zero-order valence-corrected chi connectivity index (χ0v) is 19.2. The van der Waals surface area contributed by atoms with Crippen LogP contribution in [0.1, 0.15) is 84.5 Å². The Morgan fingerprint density at radius 2 is 1.34 bits per heavy atom. The number of hydrogen-bond donors (Lipinski definition) is 0. The van der Waals surface area contributed by atoms with E-state index in [1.807, 2.05) is 78.9 Å². The molecule has 0 bridgehead atoms. The molecule has 1 saturated heterocycles. The van der Waals surface area contributed by atoms with Crippen molar-refractivity contribution < 1.29 is 14.3 Å². The zero-order chi connectivity index (χ0) is 22.9. The highest BCUT2D eigenvalue weighted by Gasteiger charge is 2.56. The Labute approximate surface area is 190 Å². The van der Waals surface area contributed by atoms with Crippen molar-refractivity contribution in [3.63, 3.8) is 0 Å². The number of rotatable bonds is 6. The van der Waals surface area contributed by atoms with E-state index in [2.05, 4.69) is 27.7 Å². The van der Waals surface area contributed by atoms with E-state index < -0.39 is 11.5 Å². The summed E-state index contributed by atoms with van der Waals surface area (Å²) in [5.74, 6) is -0.171. The monoisotopic (exact) mass is 426 g/mol. The molecule has 3 aromatic rings. The van der Waals surface area contributed by atoms with Gasteiger partial charge in [-0.05, 0) is 28.5 Å². The molecule has 32 heavy (non-hydrogen) atoms. The molecule has 1 aliphatic rings. The van der Waals surface area contributed by atoms with Gasteiger partial charge in [0.15, 0.2) is 0 Å². The van der Waals surface area contributed by atoms with Crippen LogP contribution >= 0.6 is 0 Å². The molecular formula is C29H30O3. The lowest BCUT2D eigenvalue weighted by Gasteiger charge is -2.33. The Morgan fingerprint density at radius 3 is 1.88 bits per heavy atom. The van der Waals surface area contributed by atoms with Crippen LogP contribution < -0.4 is 0 Å². The van der Waals surface area contributed by atoms with Gasteiger partial charge in [-0.25, -0.2) is 0 Å². The summed E-state index contributed by atoms with van der Waals surface area (Å²) in [5, 5.41) is 0. The summed E-state index contributed by atoms with van der Waals surface area (Å²) in [6, 6.07) is 25.4. The highest BCUT2D eigenvalue weighted by Crippen LogP contribution is 2.50. The van der Waals surface area contributed by atoms with Gasteiger partial charge in [-0.1, -0.05) is 107 Å². The maximum absolute atomic E-state index is 14.1. The van der Waals surface area contributed by atoms with Gasteiger partial charge in [0, 0.05) is 17.0 Å². The third kappa shape index (κ3) is 3.88. The van der Waals surface area contributed by atoms with Crippen molar-refractivity contribution in [3.05, 3.63) is 107 Å². The number of ketones is 1. The van der Waals surface area contributed by atoms with Crippen molar-refractivity contribution in [2.75, 3.05) is 0 Å². The topological polar surface area (TPSA) is 43.4 Å². The van der Waals surface area contributed by atoms with Gasteiger partial charge >= 0.3 is 5.97 Å². The van der Waals surface area contributed by atoms with Crippen LogP contribution in [-0.2, 0) is 15.1 Å². The number of hydrogen-bond acceptors (Lipinski definition) is 3. The first kappa shape index (κ1) is 22.0. The van der Waals surface area contributed by atoms with Crippen molar-refractivity contribution in [2.45, 2.75) is 57.5 Å². The molecule has 0 unspecified atom stereocenters. The average Bonchev–Trinajstić information content (AvgIpc) is 3.17. The molecule has 164 valence electrons. The first-order valence-corrected chi connectivity index (χ1v) is 11.3. The number of benzene rings is 3. The second kappa shape index (κ2) is 8.74. The van der Waals surface area contributed by atoms with E-state index >= 15 is 0 Å². The van der Waals surface area contributed by atoms with Gasteiger partial charge in [0.05, 0.1) is 6.42 Å². The van der Waals surface area contributed by atoms with E-state index in [0.29, 0.717) is 17.4 Å². The fraction of sp³-hybridized carbons (Fsp3) is 0.310. The van der Waals surface area contributed by atoms with Gasteiger partial charge in [-0.15, -0.1) is 0 Å². The third-order valence-corrected chi connectivity index (χ3v) is 6.52. The molecule has 0 N–H and O–H groups in total. The highest BCUT2D eigenvalue weighted by molar-refractivity contribution is 6.06. The molecule has 1 fully saturated rings. The molecule has 0 saturated carbocycles. The summed E-state index contributed by atoms with van der Waals surface area (Å²) in [7, 11) is 0. The molecule has 1 heterocycles. The zero-order valence-electron chi connectivity index (χ0n) is 19.2. The molecule has 0 radical (unpaired) electrons. The van der Waals surface area contributed by atoms with E-state index in [1.54, 1.807) is 0 Å². The highest BCUT2D eigenvalue weighted by atomic mass is 16.6. The molecule has 4 rings (SSSR count). The Morgan fingerprint density at radius 1 is 0.812 bits per heavy atom. The van der Waals surface area contributed by atoms with Crippen LogP contribution in [-0.4, -0.2) is 11.8 Å². The summed E-state index contributed by atoms with van der Waals surface area (Å²) < 4.78 is 6.01. The smallest absolute Gasteiger partial charge is 0.307 e. The second-order valence-corrected chi connectivity index (χ2v) is 9.26. The van der Waals surface area contributed by atoms with Crippen LogP contribution in [0.15, 0.2) is 78.9 Å². The molecule has 3 aromatic carbocycles. The third-order valence-electron chi connectivity index (χ3n) is 6.52. The fourth-order valence-electron chi connectivity index (χ4n) is 4.59. The van der Waals surface area contributed by atoms with Gasteiger partial charge in [-0.2, -0.15) is 0 Å². The lowest BCUT2D eigenvalue weighted by molar-refractivity contribution is -0.146. The lowest BCUT2D eigenvalue weighted by Crippen LogP contribution is -2.40. The van der Waals surface area contributed by atoms with Crippen molar-refractivity contribution in [2.24, 2.45) is 0 Å². The number of cyclic esters (lactones) is 1. The second-order valence-electron chi connectivity index (χ2n) is 9.26. The molecule has 2 atom stereocenters. The van der Waals surface area contributed by atoms with Crippen molar-refractivity contribution >= 4 is 11.8 Å². The molecule has 1 aliphatic heterocycles. The van der Waals surface area contributed by atoms with E-state index in [4.69, 9.17) is 4.74 Å². The molecule has 3 nitrogen and oxygen atoms in total. The van der Waals surface area contributed by atoms with Gasteiger partial charge in [0.1, 0.15) is 0 Å².